The minimum atomic E-state index is -3.79. The number of carbonyl (C=O) groups excluding carboxylic acids is 1. The zero-order valence-corrected chi connectivity index (χ0v) is 18.0. The van der Waals surface area contributed by atoms with E-state index in [-0.39, 0.29) is 34.7 Å². The lowest BCUT2D eigenvalue weighted by atomic mass is 9.79. The summed E-state index contributed by atoms with van der Waals surface area (Å²) in [4.78, 5) is 12.3. The molecular formula is C22H28N2O4S. The standard InChI is InChI=1S/C22H28N2O4S/c1-5-17-20(14-6-8-15(9-7-14)21(25)13(2)3)24-19-11-10-16(29(23,26)27)12-18(19)22(17)28-4/h6-13,17,20,22,24H,5H2,1-4H3,(H2,23,26,27). The van der Waals surface area contributed by atoms with Crippen LogP contribution in [0, 0.1) is 11.8 Å². The first-order valence-corrected chi connectivity index (χ1v) is 11.3. The van der Waals surface area contributed by atoms with Gasteiger partial charge in [0.1, 0.15) is 0 Å². The molecule has 6 nitrogen and oxygen atoms in total. The summed E-state index contributed by atoms with van der Waals surface area (Å²) in [5, 5.41) is 8.83. The third kappa shape index (κ3) is 4.22. The van der Waals surface area contributed by atoms with E-state index in [1.807, 2.05) is 38.1 Å². The van der Waals surface area contributed by atoms with Gasteiger partial charge in [-0.05, 0) is 30.2 Å². The summed E-state index contributed by atoms with van der Waals surface area (Å²) in [6, 6.07) is 12.5. The van der Waals surface area contributed by atoms with Crippen LogP contribution in [-0.4, -0.2) is 21.3 Å². The van der Waals surface area contributed by atoms with Crippen LogP contribution >= 0.6 is 0 Å². The summed E-state index contributed by atoms with van der Waals surface area (Å²) in [7, 11) is -2.16. The van der Waals surface area contributed by atoms with E-state index in [0.29, 0.717) is 5.56 Å². The van der Waals surface area contributed by atoms with Crippen LogP contribution in [0.15, 0.2) is 47.4 Å². The van der Waals surface area contributed by atoms with Gasteiger partial charge in [-0.1, -0.05) is 45.0 Å². The van der Waals surface area contributed by atoms with E-state index in [1.165, 1.54) is 6.07 Å². The van der Waals surface area contributed by atoms with Crippen molar-refractivity contribution in [1.29, 1.82) is 0 Å². The van der Waals surface area contributed by atoms with E-state index in [1.54, 1.807) is 19.2 Å². The molecule has 7 heteroatoms. The number of methoxy groups -OCH3 is 1. The quantitative estimate of drug-likeness (QED) is 0.692. The highest BCUT2D eigenvalue weighted by molar-refractivity contribution is 7.89. The van der Waals surface area contributed by atoms with Gasteiger partial charge in [0.25, 0.3) is 0 Å². The molecule has 0 bridgehead atoms. The number of nitrogens with one attached hydrogen (secondary N) is 1. The molecule has 3 unspecified atom stereocenters. The van der Waals surface area contributed by atoms with E-state index in [0.717, 1.165) is 23.2 Å². The summed E-state index contributed by atoms with van der Waals surface area (Å²) in [6.07, 6.45) is 0.543. The Morgan fingerprint density at radius 3 is 2.34 bits per heavy atom. The lowest BCUT2D eigenvalue weighted by Gasteiger charge is -2.40. The fraction of sp³-hybridized carbons (Fsp3) is 0.409. The van der Waals surface area contributed by atoms with E-state index in [4.69, 9.17) is 9.88 Å². The smallest absolute Gasteiger partial charge is 0.238 e. The Morgan fingerprint density at radius 1 is 1.17 bits per heavy atom. The van der Waals surface area contributed by atoms with Crippen LogP contribution < -0.4 is 10.5 Å². The monoisotopic (exact) mass is 416 g/mol. The number of nitrogens with two attached hydrogens (primary N) is 1. The van der Waals surface area contributed by atoms with Crippen molar-refractivity contribution in [3.05, 3.63) is 59.2 Å². The zero-order valence-electron chi connectivity index (χ0n) is 17.2. The molecule has 0 spiro atoms. The van der Waals surface area contributed by atoms with E-state index in [2.05, 4.69) is 12.2 Å². The molecule has 3 N–H and O–H groups in total. The Bertz CT molecular complexity index is 1000. The number of carbonyl (C=O) groups is 1. The molecule has 0 saturated carbocycles. The van der Waals surface area contributed by atoms with Gasteiger partial charge in [-0.15, -0.1) is 0 Å². The lowest BCUT2D eigenvalue weighted by molar-refractivity contribution is 0.0368. The molecule has 0 aliphatic carbocycles. The molecule has 3 rings (SSSR count). The van der Waals surface area contributed by atoms with Gasteiger partial charge in [0, 0.05) is 35.8 Å². The number of ketones is 1. The minimum Gasteiger partial charge on any atom is -0.378 e. The highest BCUT2D eigenvalue weighted by Gasteiger charge is 2.37. The molecule has 0 fully saturated rings. The Hall–Kier alpha value is -2.22. The van der Waals surface area contributed by atoms with Crippen LogP contribution in [0.4, 0.5) is 5.69 Å². The molecule has 0 saturated heterocycles. The van der Waals surface area contributed by atoms with Crippen molar-refractivity contribution >= 4 is 21.5 Å². The number of ether oxygens (including phenoxy) is 1. The number of hydrogen-bond acceptors (Lipinski definition) is 5. The van der Waals surface area contributed by atoms with Gasteiger partial charge in [0.2, 0.25) is 10.0 Å². The molecule has 156 valence electrons. The number of fused-ring (bicyclic) bond motifs is 1. The molecule has 0 amide bonds. The number of hydrogen-bond donors (Lipinski definition) is 2. The third-order valence-corrected chi connectivity index (χ3v) is 6.50. The van der Waals surface area contributed by atoms with Gasteiger partial charge in [0.15, 0.2) is 5.78 Å². The summed E-state index contributed by atoms with van der Waals surface area (Å²) in [6.45, 7) is 5.86. The van der Waals surface area contributed by atoms with E-state index >= 15 is 0 Å². The fourth-order valence-corrected chi connectivity index (χ4v) is 4.58. The van der Waals surface area contributed by atoms with Gasteiger partial charge in [-0.2, -0.15) is 0 Å². The number of benzene rings is 2. The van der Waals surface area contributed by atoms with Crippen molar-refractivity contribution in [3.63, 3.8) is 0 Å². The zero-order chi connectivity index (χ0) is 21.3. The highest BCUT2D eigenvalue weighted by atomic mass is 32.2. The molecule has 29 heavy (non-hydrogen) atoms. The van der Waals surface area contributed by atoms with Gasteiger partial charge in [-0.3, -0.25) is 4.79 Å². The molecule has 2 aromatic carbocycles. The topological polar surface area (TPSA) is 98.5 Å². The molecule has 3 atom stereocenters. The van der Waals surface area contributed by atoms with E-state index in [9.17, 15) is 13.2 Å². The molecular weight excluding hydrogens is 388 g/mol. The first kappa shape index (κ1) is 21.5. The molecule has 0 radical (unpaired) electrons. The van der Waals surface area contributed by atoms with Crippen molar-refractivity contribution in [2.75, 3.05) is 12.4 Å². The van der Waals surface area contributed by atoms with Crippen molar-refractivity contribution in [3.8, 4) is 0 Å². The third-order valence-electron chi connectivity index (χ3n) is 5.59. The van der Waals surface area contributed by atoms with Crippen LogP contribution in [0.2, 0.25) is 0 Å². The molecule has 2 aromatic rings. The maximum absolute atomic E-state index is 12.2. The predicted octanol–water partition coefficient (Wildman–Crippen LogP) is 4.05. The molecule has 0 aromatic heterocycles. The van der Waals surface area contributed by atoms with Crippen LogP contribution in [0.25, 0.3) is 0 Å². The van der Waals surface area contributed by atoms with Crippen LogP contribution in [0.5, 0.6) is 0 Å². The first-order chi connectivity index (χ1) is 13.7. The van der Waals surface area contributed by atoms with Crippen molar-refractivity contribution < 1.29 is 17.9 Å². The Morgan fingerprint density at radius 2 is 1.83 bits per heavy atom. The first-order valence-electron chi connectivity index (χ1n) is 9.77. The predicted molar refractivity (Wildman–Crippen MR) is 113 cm³/mol. The van der Waals surface area contributed by atoms with Gasteiger partial charge in [0.05, 0.1) is 17.0 Å². The van der Waals surface area contributed by atoms with Crippen LogP contribution in [0.3, 0.4) is 0 Å². The largest absolute Gasteiger partial charge is 0.378 e. The summed E-state index contributed by atoms with van der Waals surface area (Å²) >= 11 is 0. The maximum atomic E-state index is 12.2. The maximum Gasteiger partial charge on any atom is 0.238 e. The average Bonchev–Trinajstić information content (AvgIpc) is 2.70. The Balaban J connectivity index is 2.01. The van der Waals surface area contributed by atoms with Crippen LogP contribution in [-0.2, 0) is 14.8 Å². The number of Topliss-reactive ketones (excluding diaryl/α,β-unsaturated/α-hetero) is 1. The minimum absolute atomic E-state index is 0.0269. The second kappa shape index (κ2) is 8.26. The average molecular weight is 417 g/mol. The molecule has 1 heterocycles. The summed E-state index contributed by atoms with van der Waals surface area (Å²) in [5.41, 5.74) is 3.37. The lowest BCUT2D eigenvalue weighted by Crippen LogP contribution is -2.32. The molecule has 1 aliphatic heterocycles. The number of primary sulfonamides is 1. The normalized spacial score (nSPS) is 21.5. The van der Waals surface area contributed by atoms with E-state index < -0.39 is 10.0 Å². The second-order valence-corrected chi connectivity index (χ2v) is 9.35. The van der Waals surface area contributed by atoms with Crippen molar-refractivity contribution in [1.82, 2.24) is 0 Å². The Labute approximate surface area is 172 Å². The number of rotatable bonds is 6. The Kier molecular flexibility index (Phi) is 6.12. The second-order valence-electron chi connectivity index (χ2n) is 7.79. The number of anilines is 1. The highest BCUT2D eigenvalue weighted by Crippen LogP contribution is 2.46. The van der Waals surface area contributed by atoms with Crippen molar-refractivity contribution in [2.24, 2.45) is 17.0 Å². The number of sulfonamides is 1. The fourth-order valence-electron chi connectivity index (χ4n) is 4.03. The van der Waals surface area contributed by atoms with Crippen molar-refractivity contribution in [2.45, 2.75) is 44.2 Å². The van der Waals surface area contributed by atoms with Crippen LogP contribution in [0.1, 0.15) is 60.8 Å². The van der Waals surface area contributed by atoms with Gasteiger partial charge >= 0.3 is 0 Å². The summed E-state index contributed by atoms with van der Waals surface area (Å²) < 4.78 is 29.4. The summed E-state index contributed by atoms with van der Waals surface area (Å²) in [5.74, 6) is 0.153. The van der Waals surface area contributed by atoms with Gasteiger partial charge in [-0.25, -0.2) is 13.6 Å². The SMILES string of the molecule is CCC1C(c2ccc(C(=O)C(C)C)cc2)Nc2ccc(S(N)(=O)=O)cc2C1OC. The van der Waals surface area contributed by atoms with Gasteiger partial charge < -0.3 is 10.1 Å². The molecule has 1 aliphatic rings.